The van der Waals surface area contributed by atoms with Crippen LogP contribution in [0.3, 0.4) is 0 Å². The number of rotatable bonds is 3. The molecule has 1 fully saturated rings. The maximum Gasteiger partial charge on any atom is 0.335 e. The smallest absolute Gasteiger partial charge is 0.335 e. The lowest BCUT2D eigenvalue weighted by Gasteiger charge is -2.40. The van der Waals surface area contributed by atoms with Crippen molar-refractivity contribution >= 4 is 16.9 Å². The monoisotopic (exact) mass is 353 g/mol. The molecule has 2 aromatic rings. The van der Waals surface area contributed by atoms with E-state index in [4.69, 9.17) is 4.74 Å². The molecule has 3 N–H and O–H groups in total. The van der Waals surface area contributed by atoms with Gasteiger partial charge >= 0.3 is 5.97 Å². The first-order valence-corrected chi connectivity index (χ1v) is 9.19. The van der Waals surface area contributed by atoms with E-state index in [1.807, 2.05) is 6.92 Å². The van der Waals surface area contributed by atoms with Crippen LogP contribution in [0.15, 0.2) is 47.7 Å². The van der Waals surface area contributed by atoms with E-state index in [9.17, 15) is 9.90 Å². The van der Waals surface area contributed by atoms with Gasteiger partial charge < -0.3 is 19.7 Å². The molecule has 0 bridgehead atoms. The zero-order chi connectivity index (χ0) is 18.3. The summed E-state index contributed by atoms with van der Waals surface area (Å²) in [6.45, 7) is 3.97. The maximum atomic E-state index is 11.8. The van der Waals surface area contributed by atoms with Gasteiger partial charge in [0.05, 0.1) is 37.7 Å². The fraction of sp³-hybridized carbons (Fsp3) is 0.381. The van der Waals surface area contributed by atoms with Crippen molar-refractivity contribution in [2.75, 3.05) is 20.2 Å². The molecule has 0 saturated carbocycles. The maximum absolute atomic E-state index is 11.8. The molecule has 1 aromatic heterocycles. The number of hydrogen-bond donors (Lipinski definition) is 3. The van der Waals surface area contributed by atoms with Gasteiger partial charge in [0.1, 0.15) is 6.04 Å². The van der Waals surface area contributed by atoms with E-state index in [1.54, 1.807) is 0 Å². The van der Waals surface area contributed by atoms with Gasteiger partial charge in [0.2, 0.25) is 0 Å². The summed E-state index contributed by atoms with van der Waals surface area (Å²) in [6.07, 6.45) is 5.33. The number of nitrogens with one attached hydrogen (secondary N) is 2. The van der Waals surface area contributed by atoms with Crippen molar-refractivity contribution in [3.05, 3.63) is 59.0 Å². The number of aliphatic carboxylic acids is 1. The predicted molar refractivity (Wildman–Crippen MR) is 100 cm³/mol. The third-order valence-electron chi connectivity index (χ3n) is 5.97. The van der Waals surface area contributed by atoms with Gasteiger partial charge in [-0.05, 0) is 24.1 Å². The van der Waals surface area contributed by atoms with E-state index in [2.05, 4.69) is 35.3 Å². The van der Waals surface area contributed by atoms with Crippen molar-refractivity contribution in [1.82, 2.24) is 4.98 Å². The summed E-state index contributed by atoms with van der Waals surface area (Å²) < 4.78 is 5.08. The van der Waals surface area contributed by atoms with E-state index < -0.39 is 5.97 Å². The molecule has 0 aliphatic carbocycles. The second kappa shape index (κ2) is 6.65. The zero-order valence-corrected chi connectivity index (χ0v) is 15.2. The van der Waals surface area contributed by atoms with Crippen LogP contribution < -0.4 is 4.90 Å². The van der Waals surface area contributed by atoms with Crippen molar-refractivity contribution < 1.29 is 19.5 Å². The van der Waals surface area contributed by atoms with Crippen molar-refractivity contribution in [3.63, 3.8) is 0 Å². The topological polar surface area (TPSA) is 66.8 Å². The number of aromatic amines is 1. The first-order chi connectivity index (χ1) is 12.6. The summed E-state index contributed by atoms with van der Waals surface area (Å²) in [6, 6.07) is 8.74. The van der Waals surface area contributed by atoms with E-state index in [0.29, 0.717) is 11.6 Å². The van der Waals surface area contributed by atoms with E-state index >= 15 is 0 Å². The van der Waals surface area contributed by atoms with Crippen molar-refractivity contribution in [2.24, 2.45) is 5.92 Å². The number of carboxylic acid groups (broad SMARTS) is 1. The highest BCUT2D eigenvalue weighted by Crippen LogP contribution is 2.37. The Morgan fingerprint density at radius 2 is 2.19 bits per heavy atom. The van der Waals surface area contributed by atoms with E-state index in [-0.39, 0.29) is 5.92 Å². The number of carbonyl (C=O) groups is 1. The van der Waals surface area contributed by atoms with Crippen LogP contribution in [0.4, 0.5) is 0 Å². The molecule has 3 heterocycles. The standard InChI is InChI=1S/C21H24N2O3/c1-3-13-11-23-9-8-15-14-6-4-5-7-18(14)22-20(15)19(23)10-16(13)17(12-26-2)21(24)25/h3-7,12,16,19,22H,8-11H2,1-2H3,(H,24,25)/p+1/b13-3-,17-12-/t16-,19+/m0/s1. The van der Waals surface area contributed by atoms with Crippen molar-refractivity contribution in [1.29, 1.82) is 0 Å². The van der Waals surface area contributed by atoms with Crippen LogP contribution in [0.5, 0.6) is 0 Å². The molecule has 26 heavy (non-hydrogen) atoms. The number of allylic oxidation sites excluding steroid dienone is 1. The Labute approximate surface area is 153 Å². The van der Waals surface area contributed by atoms with Gasteiger partial charge in [0.25, 0.3) is 0 Å². The van der Waals surface area contributed by atoms with Crippen LogP contribution in [0.2, 0.25) is 0 Å². The van der Waals surface area contributed by atoms with Crippen LogP contribution in [-0.4, -0.2) is 36.3 Å². The average molecular weight is 353 g/mol. The number of aromatic nitrogens is 1. The number of hydrogen-bond acceptors (Lipinski definition) is 2. The molecular weight excluding hydrogens is 328 g/mol. The first-order valence-electron chi connectivity index (χ1n) is 9.19. The van der Waals surface area contributed by atoms with Gasteiger partial charge in [-0.15, -0.1) is 0 Å². The third kappa shape index (κ3) is 2.63. The third-order valence-corrected chi connectivity index (χ3v) is 5.97. The average Bonchev–Trinajstić information content (AvgIpc) is 3.04. The number of H-pyrrole nitrogens is 1. The minimum absolute atomic E-state index is 0.108. The molecular formula is C21H25N2O3+. The normalized spacial score (nSPS) is 27.2. The van der Waals surface area contributed by atoms with Gasteiger partial charge in [-0.25, -0.2) is 4.79 Å². The molecule has 0 radical (unpaired) electrons. The van der Waals surface area contributed by atoms with Crippen molar-refractivity contribution in [2.45, 2.75) is 25.8 Å². The zero-order valence-electron chi connectivity index (χ0n) is 15.2. The van der Waals surface area contributed by atoms with Gasteiger partial charge in [-0.2, -0.15) is 0 Å². The van der Waals surface area contributed by atoms with Crippen molar-refractivity contribution in [3.8, 4) is 0 Å². The molecule has 0 spiro atoms. The Morgan fingerprint density at radius 3 is 2.92 bits per heavy atom. The number of methoxy groups -OCH3 is 1. The Hall–Kier alpha value is -2.53. The van der Waals surface area contributed by atoms with E-state index in [1.165, 1.54) is 46.0 Å². The Balaban J connectivity index is 1.76. The lowest BCUT2D eigenvalue weighted by molar-refractivity contribution is -0.934. The molecule has 136 valence electrons. The minimum Gasteiger partial charge on any atom is -0.504 e. The van der Waals surface area contributed by atoms with E-state index in [0.717, 1.165) is 25.9 Å². The molecule has 5 nitrogen and oxygen atoms in total. The number of para-hydroxylation sites is 1. The summed E-state index contributed by atoms with van der Waals surface area (Å²) in [5.41, 5.74) is 5.42. The number of benzene rings is 1. The van der Waals surface area contributed by atoms with Crippen LogP contribution in [0.25, 0.3) is 10.9 Å². The summed E-state index contributed by atoms with van der Waals surface area (Å²) in [5.74, 6) is -1.00. The Kier molecular flexibility index (Phi) is 4.32. The number of carboxylic acids is 1. The van der Waals surface area contributed by atoms with Crippen LogP contribution in [0, 0.1) is 5.92 Å². The fourth-order valence-electron chi connectivity index (χ4n) is 4.76. The highest BCUT2D eigenvalue weighted by Gasteiger charge is 2.43. The molecule has 1 unspecified atom stereocenters. The van der Waals surface area contributed by atoms with Gasteiger partial charge in [0, 0.05) is 29.7 Å². The molecule has 4 rings (SSSR count). The number of fused-ring (bicyclic) bond motifs is 5. The molecule has 1 saturated heterocycles. The quantitative estimate of drug-likeness (QED) is 0.450. The largest absolute Gasteiger partial charge is 0.504 e. The molecule has 1 aromatic carbocycles. The minimum atomic E-state index is -0.896. The molecule has 2 aliphatic rings. The number of quaternary nitrogens is 1. The second-order valence-corrected chi connectivity index (χ2v) is 7.22. The number of ether oxygens (including phenoxy) is 1. The molecule has 3 atom stereocenters. The Morgan fingerprint density at radius 1 is 1.38 bits per heavy atom. The van der Waals surface area contributed by atoms with Crippen LogP contribution >= 0.6 is 0 Å². The first kappa shape index (κ1) is 16.9. The SMILES string of the molecule is C/C=C1/C[NH+]2CCc3c([nH]c4ccccc34)[C@H]2C[C@@H]1/C(=C/OC)C(=O)O. The lowest BCUT2D eigenvalue weighted by Crippen LogP contribution is -3.14. The molecule has 2 aliphatic heterocycles. The number of piperidine rings is 1. The van der Waals surface area contributed by atoms with Gasteiger partial charge in [0.15, 0.2) is 0 Å². The summed E-state index contributed by atoms with van der Waals surface area (Å²) in [4.78, 5) is 17.0. The van der Waals surface area contributed by atoms with Crippen LogP contribution in [-0.2, 0) is 16.0 Å². The summed E-state index contributed by atoms with van der Waals surface area (Å²) >= 11 is 0. The lowest BCUT2D eigenvalue weighted by atomic mass is 9.78. The highest BCUT2D eigenvalue weighted by atomic mass is 16.5. The van der Waals surface area contributed by atoms with Crippen LogP contribution in [0.1, 0.15) is 30.6 Å². The predicted octanol–water partition coefficient (Wildman–Crippen LogP) is 2.23. The fourth-order valence-corrected chi connectivity index (χ4v) is 4.76. The van der Waals surface area contributed by atoms with Gasteiger partial charge in [-0.1, -0.05) is 24.3 Å². The second-order valence-electron chi connectivity index (χ2n) is 7.22. The molecule has 0 amide bonds. The highest BCUT2D eigenvalue weighted by molar-refractivity contribution is 5.88. The molecule has 5 heteroatoms. The summed E-state index contributed by atoms with van der Waals surface area (Å²) in [5, 5.41) is 11.0. The van der Waals surface area contributed by atoms with Gasteiger partial charge in [-0.3, -0.25) is 0 Å². The summed E-state index contributed by atoms with van der Waals surface area (Å²) in [7, 11) is 1.51. The Bertz CT molecular complexity index is 909.